The van der Waals surface area contributed by atoms with Crippen LogP contribution in [0.3, 0.4) is 0 Å². The number of aromatic nitrogens is 2. The van der Waals surface area contributed by atoms with E-state index >= 15 is 0 Å². The number of nitrogens with zero attached hydrogens (tertiary/aromatic N) is 2. The molecule has 16 heavy (non-hydrogen) atoms. The van der Waals surface area contributed by atoms with E-state index in [1.165, 1.54) is 7.11 Å². The van der Waals surface area contributed by atoms with Gasteiger partial charge in [0.2, 0.25) is 5.95 Å². The lowest BCUT2D eigenvalue weighted by atomic mass is 10.1. The third-order valence-electron chi connectivity index (χ3n) is 1.82. The monoisotopic (exact) mass is 237 g/mol. The predicted octanol–water partition coefficient (Wildman–Crippen LogP) is 2.44. The first kappa shape index (κ1) is 12.3. The number of hydrogen-bond donors (Lipinski definition) is 1. The molecule has 0 aromatic carbocycles. The molecule has 0 aliphatic heterocycles. The molecule has 4 nitrogen and oxygen atoms in total. The van der Waals surface area contributed by atoms with Crippen LogP contribution in [0.1, 0.15) is 5.69 Å². The van der Waals surface area contributed by atoms with Crippen molar-refractivity contribution < 1.29 is 4.74 Å². The summed E-state index contributed by atoms with van der Waals surface area (Å²) >= 11 is 5.79. The molecule has 0 spiro atoms. The van der Waals surface area contributed by atoms with Crippen molar-refractivity contribution in [1.82, 2.24) is 9.97 Å². The summed E-state index contributed by atoms with van der Waals surface area (Å²) < 4.78 is 5.04. The number of rotatable bonds is 4. The zero-order valence-corrected chi connectivity index (χ0v) is 9.66. The van der Waals surface area contributed by atoms with Gasteiger partial charge in [-0.2, -0.15) is 0 Å². The van der Waals surface area contributed by atoms with E-state index in [4.69, 9.17) is 22.1 Å². The molecule has 0 aliphatic carbocycles. The fraction of sp³-hybridized carbons (Fsp3) is 0.0909. The summed E-state index contributed by atoms with van der Waals surface area (Å²) in [4.78, 5) is 7.82. The minimum absolute atomic E-state index is 0.0985. The molecule has 5 heteroatoms. The standard InChI is InChI=1S/C11H12ClN3O/c1-4-5-8(7(2)16-3)9-6-10(12)15-11(13)14-9/h4-6H,1-2H2,3H3,(H2,13,14,15)/b8-5+. The molecule has 1 aromatic heterocycles. The minimum atomic E-state index is 0.0985. The van der Waals surface area contributed by atoms with Crippen LogP contribution in [-0.4, -0.2) is 17.1 Å². The van der Waals surface area contributed by atoms with Crippen LogP contribution in [0.2, 0.25) is 5.15 Å². The second-order valence-corrected chi connectivity index (χ2v) is 3.26. The van der Waals surface area contributed by atoms with Crippen LogP contribution >= 0.6 is 11.6 Å². The van der Waals surface area contributed by atoms with Crippen LogP contribution < -0.4 is 5.73 Å². The van der Waals surface area contributed by atoms with E-state index in [0.717, 1.165) is 0 Å². The fourth-order valence-electron chi connectivity index (χ4n) is 1.12. The number of nitrogens with two attached hydrogens (primary N) is 1. The Hall–Kier alpha value is -1.81. The Kier molecular flexibility index (Phi) is 4.08. The lowest BCUT2D eigenvalue weighted by molar-refractivity contribution is 0.312. The van der Waals surface area contributed by atoms with Gasteiger partial charge in [-0.05, 0) is 6.08 Å². The number of hydrogen-bond acceptors (Lipinski definition) is 4. The molecule has 0 amide bonds. The van der Waals surface area contributed by atoms with Crippen LogP contribution in [-0.2, 0) is 4.74 Å². The SMILES string of the molecule is C=C/C=C(\C(=C)OC)c1cc(Cl)nc(N)n1. The van der Waals surface area contributed by atoms with Crippen LogP contribution in [0.25, 0.3) is 5.57 Å². The largest absolute Gasteiger partial charge is 0.497 e. The average molecular weight is 238 g/mol. The second-order valence-electron chi connectivity index (χ2n) is 2.88. The van der Waals surface area contributed by atoms with Crippen molar-refractivity contribution in [1.29, 1.82) is 0 Å². The Labute approximate surface area is 99.1 Å². The summed E-state index contributed by atoms with van der Waals surface area (Å²) in [5, 5.41) is 0.265. The molecule has 0 fully saturated rings. The maximum Gasteiger partial charge on any atom is 0.221 e. The number of ether oxygens (including phenoxy) is 1. The first-order valence-corrected chi connectivity index (χ1v) is 4.82. The Morgan fingerprint density at radius 3 is 2.75 bits per heavy atom. The maximum absolute atomic E-state index is 5.79. The number of halogens is 1. The Morgan fingerprint density at radius 1 is 1.56 bits per heavy atom. The van der Waals surface area contributed by atoms with Crippen molar-refractivity contribution in [2.75, 3.05) is 12.8 Å². The Bertz CT molecular complexity index is 434. The third kappa shape index (κ3) is 2.84. The van der Waals surface area contributed by atoms with Crippen molar-refractivity contribution >= 4 is 23.1 Å². The molecular weight excluding hydrogens is 226 g/mol. The second kappa shape index (κ2) is 5.32. The summed E-state index contributed by atoms with van der Waals surface area (Å²) in [7, 11) is 1.52. The molecule has 0 saturated heterocycles. The highest BCUT2D eigenvalue weighted by molar-refractivity contribution is 6.29. The van der Waals surface area contributed by atoms with Crippen molar-refractivity contribution in [2.45, 2.75) is 0 Å². The first-order chi connectivity index (χ1) is 7.58. The van der Waals surface area contributed by atoms with Gasteiger partial charge in [-0.15, -0.1) is 0 Å². The minimum Gasteiger partial charge on any atom is -0.497 e. The van der Waals surface area contributed by atoms with Gasteiger partial charge in [0, 0.05) is 11.6 Å². The summed E-state index contributed by atoms with van der Waals surface area (Å²) in [5.41, 5.74) is 6.71. The van der Waals surface area contributed by atoms with Crippen LogP contribution in [0.5, 0.6) is 0 Å². The van der Waals surface area contributed by atoms with Gasteiger partial charge in [-0.3, -0.25) is 0 Å². The lowest BCUT2D eigenvalue weighted by Gasteiger charge is -2.09. The molecule has 1 aromatic rings. The molecule has 0 aliphatic rings. The molecule has 1 heterocycles. The Balaban J connectivity index is 3.26. The number of nitrogen functional groups attached to an aromatic ring is 1. The van der Waals surface area contributed by atoms with Crippen LogP contribution in [0.4, 0.5) is 5.95 Å². The number of anilines is 1. The molecule has 0 atom stereocenters. The van der Waals surface area contributed by atoms with Gasteiger partial charge < -0.3 is 10.5 Å². The number of methoxy groups -OCH3 is 1. The van der Waals surface area contributed by atoms with Gasteiger partial charge in [0.15, 0.2) is 0 Å². The van der Waals surface area contributed by atoms with Crippen molar-refractivity contribution in [2.24, 2.45) is 0 Å². The molecular formula is C11H12ClN3O. The van der Waals surface area contributed by atoms with Gasteiger partial charge in [0.25, 0.3) is 0 Å². The quantitative estimate of drug-likeness (QED) is 0.496. The molecule has 2 N–H and O–H groups in total. The van der Waals surface area contributed by atoms with E-state index < -0.39 is 0 Å². The van der Waals surface area contributed by atoms with Crippen molar-refractivity contribution in [3.63, 3.8) is 0 Å². The number of allylic oxidation sites excluding steroid dienone is 3. The smallest absolute Gasteiger partial charge is 0.221 e. The Morgan fingerprint density at radius 2 is 2.25 bits per heavy atom. The first-order valence-electron chi connectivity index (χ1n) is 4.45. The van der Waals surface area contributed by atoms with E-state index in [0.29, 0.717) is 17.0 Å². The molecule has 0 saturated carbocycles. The van der Waals surface area contributed by atoms with E-state index in [9.17, 15) is 0 Å². The van der Waals surface area contributed by atoms with E-state index in [1.54, 1.807) is 18.2 Å². The fourth-order valence-corrected chi connectivity index (χ4v) is 1.31. The normalized spacial score (nSPS) is 11.0. The zero-order valence-electron chi connectivity index (χ0n) is 8.90. The predicted molar refractivity (Wildman–Crippen MR) is 65.8 cm³/mol. The van der Waals surface area contributed by atoms with Gasteiger partial charge in [-0.1, -0.05) is 30.8 Å². The van der Waals surface area contributed by atoms with E-state index in [1.807, 2.05) is 0 Å². The highest BCUT2D eigenvalue weighted by Gasteiger charge is 2.09. The summed E-state index contributed by atoms with van der Waals surface area (Å²) in [6.07, 6.45) is 3.32. The van der Waals surface area contributed by atoms with Crippen LogP contribution in [0, 0.1) is 0 Å². The zero-order chi connectivity index (χ0) is 12.1. The van der Waals surface area contributed by atoms with Crippen molar-refractivity contribution in [3.05, 3.63) is 48.0 Å². The summed E-state index contributed by atoms with van der Waals surface area (Å²) in [5.74, 6) is 0.551. The van der Waals surface area contributed by atoms with Gasteiger partial charge in [0.1, 0.15) is 10.9 Å². The van der Waals surface area contributed by atoms with Gasteiger partial charge >= 0.3 is 0 Å². The molecule has 1 rings (SSSR count). The molecule has 84 valence electrons. The highest BCUT2D eigenvalue weighted by atomic mass is 35.5. The van der Waals surface area contributed by atoms with Crippen LogP contribution in [0.15, 0.2) is 37.1 Å². The average Bonchev–Trinajstić information content (AvgIpc) is 2.23. The van der Waals surface area contributed by atoms with E-state index in [2.05, 4.69) is 23.1 Å². The topological polar surface area (TPSA) is 61.0 Å². The molecule has 0 radical (unpaired) electrons. The third-order valence-corrected chi connectivity index (χ3v) is 2.01. The van der Waals surface area contributed by atoms with Gasteiger partial charge in [-0.25, -0.2) is 9.97 Å². The van der Waals surface area contributed by atoms with Gasteiger partial charge in [0.05, 0.1) is 12.8 Å². The highest BCUT2D eigenvalue weighted by Crippen LogP contribution is 2.23. The summed E-state index contributed by atoms with van der Waals surface area (Å²) in [6, 6.07) is 1.58. The molecule has 0 unspecified atom stereocenters. The molecule has 0 bridgehead atoms. The maximum atomic E-state index is 5.79. The van der Waals surface area contributed by atoms with Crippen molar-refractivity contribution in [3.8, 4) is 0 Å². The van der Waals surface area contributed by atoms with E-state index in [-0.39, 0.29) is 11.1 Å². The summed E-state index contributed by atoms with van der Waals surface area (Å²) in [6.45, 7) is 7.35. The lowest BCUT2D eigenvalue weighted by Crippen LogP contribution is -2.01.